The molecule has 0 amide bonds. The van der Waals surface area contributed by atoms with Crippen molar-refractivity contribution < 1.29 is 14.2 Å². The Morgan fingerprint density at radius 2 is 2.08 bits per heavy atom. The van der Waals surface area contributed by atoms with Crippen LogP contribution in [0, 0.1) is 5.82 Å². The Balaban J connectivity index is 0.00000338. The molecule has 0 fully saturated rings. The van der Waals surface area contributed by atoms with Gasteiger partial charge in [0.15, 0.2) is 5.96 Å². The molecule has 2 N–H and O–H groups in total. The lowest BCUT2D eigenvalue weighted by atomic mass is 10.3. The highest BCUT2D eigenvalue weighted by molar-refractivity contribution is 14.0. The predicted molar refractivity (Wildman–Crippen MR) is 115 cm³/mol. The number of benzene rings is 1. The van der Waals surface area contributed by atoms with Gasteiger partial charge >= 0.3 is 0 Å². The second-order valence-corrected chi connectivity index (χ2v) is 6.38. The number of nitrogens with one attached hydrogen (secondary N) is 1. The van der Waals surface area contributed by atoms with E-state index in [2.05, 4.69) is 21.8 Å². The molecule has 1 aromatic heterocycles. The predicted octanol–water partition coefficient (Wildman–Crippen LogP) is 3.34. The fourth-order valence-electron chi connectivity index (χ4n) is 2.17. The highest BCUT2D eigenvalue weighted by atomic mass is 127. The summed E-state index contributed by atoms with van der Waals surface area (Å²) in [6.45, 7) is 3.81. The number of halogens is 2. The maximum absolute atomic E-state index is 12.8. The second kappa shape index (κ2) is 12.1. The molecule has 1 unspecified atom stereocenters. The van der Waals surface area contributed by atoms with Crippen molar-refractivity contribution in [2.45, 2.75) is 19.6 Å². The summed E-state index contributed by atoms with van der Waals surface area (Å²) in [5.41, 5.74) is 1.22. The summed E-state index contributed by atoms with van der Waals surface area (Å²) < 4.78 is 18.3. The van der Waals surface area contributed by atoms with Gasteiger partial charge in [0.2, 0.25) is 0 Å². The first kappa shape index (κ1) is 22.7. The Morgan fingerprint density at radius 3 is 2.69 bits per heavy atom. The van der Waals surface area contributed by atoms with Crippen LogP contribution in [0.5, 0.6) is 5.75 Å². The average molecular weight is 493 g/mol. The van der Waals surface area contributed by atoms with Gasteiger partial charge in [-0.25, -0.2) is 4.39 Å². The lowest BCUT2D eigenvalue weighted by Gasteiger charge is -2.22. The number of rotatable bonds is 8. The zero-order chi connectivity index (χ0) is 18.1. The first-order chi connectivity index (χ1) is 12.1. The van der Waals surface area contributed by atoms with Crippen molar-refractivity contribution in [3.63, 3.8) is 0 Å². The molecule has 0 bridgehead atoms. The molecule has 144 valence electrons. The molecule has 0 aliphatic heterocycles. The number of hydrogen-bond donors (Lipinski definition) is 2. The van der Waals surface area contributed by atoms with Crippen molar-refractivity contribution in [3.05, 3.63) is 52.5 Å². The minimum absolute atomic E-state index is 0. The monoisotopic (exact) mass is 493 g/mol. The van der Waals surface area contributed by atoms with Crippen LogP contribution in [0.4, 0.5) is 4.39 Å². The molecular formula is C18H25FIN3O2S. The molecular weight excluding hydrogens is 468 g/mol. The maximum Gasteiger partial charge on any atom is 0.194 e. The minimum Gasteiger partial charge on any atom is -0.491 e. The van der Waals surface area contributed by atoms with Crippen LogP contribution in [-0.4, -0.2) is 48.8 Å². The molecule has 0 saturated heterocycles. The van der Waals surface area contributed by atoms with E-state index in [-0.39, 0.29) is 42.9 Å². The normalized spacial score (nSPS) is 12.2. The van der Waals surface area contributed by atoms with E-state index in [0.717, 1.165) is 19.0 Å². The van der Waals surface area contributed by atoms with E-state index in [4.69, 9.17) is 4.74 Å². The van der Waals surface area contributed by atoms with Crippen LogP contribution >= 0.6 is 35.3 Å². The van der Waals surface area contributed by atoms with Crippen LogP contribution in [0.2, 0.25) is 0 Å². The maximum atomic E-state index is 12.8. The SMILES string of the molecule is CCNC(=NCC(O)COc1ccc(F)cc1)N(C)Cc1ccsc1.I. The molecule has 1 atom stereocenters. The highest BCUT2D eigenvalue weighted by Crippen LogP contribution is 2.11. The zero-order valence-electron chi connectivity index (χ0n) is 14.9. The molecule has 26 heavy (non-hydrogen) atoms. The van der Waals surface area contributed by atoms with E-state index in [1.807, 2.05) is 24.3 Å². The summed E-state index contributed by atoms with van der Waals surface area (Å²) in [6.07, 6.45) is -0.742. The fourth-order valence-corrected chi connectivity index (χ4v) is 2.83. The number of ether oxygens (including phenoxy) is 1. The molecule has 0 spiro atoms. The van der Waals surface area contributed by atoms with E-state index in [9.17, 15) is 9.50 Å². The third-order valence-electron chi connectivity index (χ3n) is 3.40. The first-order valence-electron chi connectivity index (χ1n) is 8.15. The van der Waals surface area contributed by atoms with E-state index >= 15 is 0 Å². The zero-order valence-corrected chi connectivity index (χ0v) is 18.0. The number of aliphatic imine (C=N–C) groups is 1. The van der Waals surface area contributed by atoms with Gasteiger partial charge in [0.05, 0.1) is 6.54 Å². The first-order valence-corrected chi connectivity index (χ1v) is 9.09. The summed E-state index contributed by atoms with van der Waals surface area (Å²) in [4.78, 5) is 6.48. The Kier molecular flexibility index (Phi) is 10.5. The Morgan fingerprint density at radius 1 is 1.35 bits per heavy atom. The molecule has 2 aromatic rings. The smallest absolute Gasteiger partial charge is 0.194 e. The molecule has 5 nitrogen and oxygen atoms in total. The lowest BCUT2D eigenvalue weighted by molar-refractivity contribution is 0.114. The Labute approximate surface area is 174 Å². The molecule has 2 rings (SSSR count). The quantitative estimate of drug-likeness (QED) is 0.337. The van der Waals surface area contributed by atoms with Gasteiger partial charge in [0, 0.05) is 20.1 Å². The minimum atomic E-state index is -0.742. The summed E-state index contributed by atoms with van der Waals surface area (Å²) in [5.74, 6) is 0.932. The van der Waals surface area contributed by atoms with Gasteiger partial charge in [-0.05, 0) is 53.6 Å². The molecule has 0 radical (unpaired) electrons. The van der Waals surface area contributed by atoms with E-state index in [1.165, 1.54) is 29.8 Å². The Bertz CT molecular complexity index is 653. The molecule has 0 aliphatic carbocycles. The van der Waals surface area contributed by atoms with Crippen molar-refractivity contribution in [3.8, 4) is 5.75 Å². The van der Waals surface area contributed by atoms with Crippen LogP contribution in [0.25, 0.3) is 0 Å². The molecule has 8 heteroatoms. The van der Waals surface area contributed by atoms with Gasteiger partial charge in [-0.3, -0.25) is 4.99 Å². The van der Waals surface area contributed by atoms with E-state index in [0.29, 0.717) is 5.75 Å². The highest BCUT2D eigenvalue weighted by Gasteiger charge is 2.10. The van der Waals surface area contributed by atoms with Crippen molar-refractivity contribution in [2.75, 3.05) is 26.7 Å². The van der Waals surface area contributed by atoms with E-state index < -0.39 is 6.10 Å². The van der Waals surface area contributed by atoms with Gasteiger partial charge in [0.25, 0.3) is 0 Å². The number of aliphatic hydroxyl groups is 1. The third kappa shape index (κ3) is 7.88. The van der Waals surface area contributed by atoms with Crippen molar-refractivity contribution in [1.29, 1.82) is 0 Å². The molecule has 0 saturated carbocycles. The summed E-state index contributed by atoms with van der Waals surface area (Å²) in [5, 5.41) is 17.4. The number of guanidine groups is 1. The summed E-state index contributed by atoms with van der Waals surface area (Å²) in [7, 11) is 1.96. The fraction of sp³-hybridized carbons (Fsp3) is 0.389. The van der Waals surface area contributed by atoms with Gasteiger partial charge < -0.3 is 20.1 Å². The molecule has 1 heterocycles. The van der Waals surface area contributed by atoms with Gasteiger partial charge in [0.1, 0.15) is 24.3 Å². The van der Waals surface area contributed by atoms with Crippen molar-refractivity contribution in [2.24, 2.45) is 4.99 Å². The molecule has 1 aromatic carbocycles. The second-order valence-electron chi connectivity index (χ2n) is 5.60. The van der Waals surface area contributed by atoms with Crippen LogP contribution in [0.3, 0.4) is 0 Å². The lowest BCUT2D eigenvalue weighted by Crippen LogP contribution is -2.39. The largest absolute Gasteiger partial charge is 0.491 e. The van der Waals surface area contributed by atoms with Crippen LogP contribution in [0.1, 0.15) is 12.5 Å². The number of hydrogen-bond acceptors (Lipinski definition) is 4. The van der Waals surface area contributed by atoms with Gasteiger partial charge in [-0.15, -0.1) is 24.0 Å². The number of nitrogens with zero attached hydrogens (tertiary/aromatic N) is 2. The van der Waals surface area contributed by atoms with Crippen LogP contribution in [-0.2, 0) is 6.54 Å². The van der Waals surface area contributed by atoms with Crippen molar-refractivity contribution >= 4 is 41.3 Å². The number of thiophene rings is 1. The van der Waals surface area contributed by atoms with Crippen molar-refractivity contribution in [1.82, 2.24) is 10.2 Å². The molecule has 0 aliphatic rings. The third-order valence-corrected chi connectivity index (χ3v) is 4.14. The standard InChI is InChI=1S/C18H24FN3O2S.HI/c1-3-20-18(22(2)11-14-8-9-25-13-14)21-10-16(23)12-24-17-6-4-15(19)5-7-17;/h4-9,13,16,23H,3,10-12H2,1-2H3,(H,20,21);1H. The number of aliphatic hydroxyl groups excluding tert-OH is 1. The van der Waals surface area contributed by atoms with Crippen LogP contribution in [0.15, 0.2) is 46.1 Å². The summed E-state index contributed by atoms with van der Waals surface area (Å²) >= 11 is 1.66. The van der Waals surface area contributed by atoms with Gasteiger partial charge in [-0.2, -0.15) is 11.3 Å². The topological polar surface area (TPSA) is 57.1 Å². The Hall–Kier alpha value is -1.39. The average Bonchev–Trinajstić information content (AvgIpc) is 3.11. The van der Waals surface area contributed by atoms with E-state index in [1.54, 1.807) is 11.3 Å². The summed E-state index contributed by atoms with van der Waals surface area (Å²) in [6, 6.07) is 7.79. The van der Waals surface area contributed by atoms with Crippen LogP contribution < -0.4 is 10.1 Å². The van der Waals surface area contributed by atoms with Gasteiger partial charge in [-0.1, -0.05) is 0 Å².